The molecule has 3 N–H and O–H groups in total. The van der Waals surface area contributed by atoms with Crippen molar-refractivity contribution in [1.29, 1.82) is 0 Å². The first-order valence-corrected chi connectivity index (χ1v) is 13.0. The quantitative estimate of drug-likeness (QED) is 0.492. The van der Waals surface area contributed by atoms with Gasteiger partial charge in [0, 0.05) is 40.9 Å². The molecule has 0 saturated carbocycles. The number of rotatable bonds is 7. The Morgan fingerprint density at radius 3 is 2.70 bits per heavy atom. The summed E-state index contributed by atoms with van der Waals surface area (Å²) in [6, 6.07) is 11.5. The minimum atomic E-state index is -1.14. The smallest absolute Gasteiger partial charge is 0.252 e. The first-order chi connectivity index (χ1) is 17.9. The molecule has 0 radical (unpaired) electrons. The molecule has 0 aromatic heterocycles. The molecule has 8 nitrogen and oxygen atoms in total. The second-order valence-electron chi connectivity index (χ2n) is 9.38. The minimum absolute atomic E-state index is 0.0717. The third-order valence-electron chi connectivity index (χ3n) is 7.08. The Morgan fingerprint density at radius 2 is 1.97 bits per heavy atom. The van der Waals surface area contributed by atoms with E-state index >= 15 is 0 Å². The molecule has 0 spiro atoms. The van der Waals surface area contributed by atoms with E-state index in [1.165, 1.54) is 4.90 Å². The molecule has 2 aromatic carbocycles. The van der Waals surface area contributed by atoms with E-state index in [0.29, 0.717) is 40.0 Å². The Morgan fingerprint density at radius 1 is 1.16 bits per heavy atom. The Balaban J connectivity index is 1.57. The normalized spacial score (nSPS) is 26.1. The first-order valence-electron chi connectivity index (χ1n) is 12.3. The largest absolute Gasteiger partial charge is 0.486 e. The summed E-state index contributed by atoms with van der Waals surface area (Å²) in [6.45, 7) is 0.406. The van der Waals surface area contributed by atoms with Crippen LogP contribution in [-0.2, 0) is 20.9 Å². The minimum Gasteiger partial charge on any atom is -0.486 e. The number of nitrogens with zero attached hydrogens (tertiary/aromatic N) is 1. The molecule has 37 heavy (non-hydrogen) atoms. The summed E-state index contributed by atoms with van der Waals surface area (Å²) in [6.07, 6.45) is 0.380. The number of para-hydroxylation sites is 1. The summed E-state index contributed by atoms with van der Waals surface area (Å²) in [5, 5.41) is 24.4. The van der Waals surface area contributed by atoms with Crippen molar-refractivity contribution in [3.63, 3.8) is 0 Å². The molecule has 10 heteroatoms. The van der Waals surface area contributed by atoms with Crippen molar-refractivity contribution in [2.45, 2.75) is 49.7 Å². The van der Waals surface area contributed by atoms with Crippen molar-refractivity contribution in [2.75, 3.05) is 19.8 Å². The van der Waals surface area contributed by atoms with E-state index in [1.807, 2.05) is 18.2 Å². The zero-order valence-corrected chi connectivity index (χ0v) is 21.5. The molecule has 2 heterocycles. The number of ether oxygens (including phenoxy) is 2. The van der Waals surface area contributed by atoms with Crippen LogP contribution in [0, 0.1) is 0 Å². The van der Waals surface area contributed by atoms with Crippen LogP contribution in [0.3, 0.4) is 0 Å². The van der Waals surface area contributed by atoms with Gasteiger partial charge in [0.15, 0.2) is 0 Å². The van der Waals surface area contributed by atoms with Gasteiger partial charge in [-0.15, -0.1) is 0 Å². The van der Waals surface area contributed by atoms with Crippen molar-refractivity contribution in [1.82, 2.24) is 10.2 Å². The van der Waals surface area contributed by atoms with E-state index in [1.54, 1.807) is 30.3 Å². The maximum Gasteiger partial charge on any atom is 0.252 e. The molecule has 2 aromatic rings. The lowest BCUT2D eigenvalue weighted by atomic mass is 9.77. The molecular weight excluding hydrogens is 519 g/mol. The van der Waals surface area contributed by atoms with E-state index in [4.69, 9.17) is 32.7 Å². The number of carbonyl (C=O) groups excluding carboxylic acids is 2. The van der Waals surface area contributed by atoms with Gasteiger partial charge in [-0.1, -0.05) is 47.5 Å². The molecule has 5 rings (SSSR count). The van der Waals surface area contributed by atoms with Gasteiger partial charge >= 0.3 is 0 Å². The van der Waals surface area contributed by atoms with Gasteiger partial charge in [0.2, 0.25) is 5.91 Å². The van der Waals surface area contributed by atoms with Crippen LogP contribution in [0.2, 0.25) is 10.0 Å². The summed E-state index contributed by atoms with van der Waals surface area (Å²) in [5.74, 6) is -0.640. The van der Waals surface area contributed by atoms with Gasteiger partial charge in [0.25, 0.3) is 5.91 Å². The molecular formula is C27H28Cl2N2O6. The average Bonchev–Trinajstić information content (AvgIpc) is 3.56. The molecule has 5 unspecified atom stereocenters. The predicted molar refractivity (Wildman–Crippen MR) is 138 cm³/mol. The van der Waals surface area contributed by atoms with Crippen LogP contribution < -0.4 is 10.1 Å². The molecule has 5 atom stereocenters. The van der Waals surface area contributed by atoms with E-state index in [9.17, 15) is 19.8 Å². The van der Waals surface area contributed by atoms with Gasteiger partial charge in [0.05, 0.1) is 18.6 Å². The number of hydrogen-bond acceptors (Lipinski definition) is 6. The number of carbonyl (C=O) groups is 2. The Labute approximate surface area is 224 Å². The fourth-order valence-electron chi connectivity index (χ4n) is 5.31. The lowest BCUT2D eigenvalue weighted by Crippen LogP contribution is -2.57. The fourth-order valence-corrected chi connectivity index (χ4v) is 5.78. The maximum atomic E-state index is 13.7. The van der Waals surface area contributed by atoms with Gasteiger partial charge in [-0.05, 0) is 42.7 Å². The van der Waals surface area contributed by atoms with Gasteiger partial charge in [-0.25, -0.2) is 0 Å². The Hall–Kier alpha value is -2.62. The number of nitrogens with one attached hydrogen (secondary N) is 1. The highest BCUT2D eigenvalue weighted by Crippen LogP contribution is 2.47. The molecule has 3 aliphatic rings. The second kappa shape index (κ2) is 11.0. The van der Waals surface area contributed by atoms with Gasteiger partial charge in [-0.2, -0.15) is 0 Å². The standard InChI is InChI=1S/C27H28Cl2N2O6/c28-16-8-7-15(19(29)12-16)14-31(27(35)22-6-3-11-36-22)20-13-18(26(34)30-9-10-32)23-17-4-1-2-5-21(17)37-25(23)24(20)33/h1-2,4-5,7-8,12-13,20,22-25,32-33H,3,6,9-11,14H2,(H,30,34). The highest BCUT2D eigenvalue weighted by molar-refractivity contribution is 6.35. The molecule has 196 valence electrons. The molecule has 1 saturated heterocycles. The second-order valence-corrected chi connectivity index (χ2v) is 10.2. The third kappa shape index (κ3) is 5.09. The number of aliphatic hydroxyl groups excluding tert-OH is 2. The number of benzene rings is 2. The third-order valence-corrected chi connectivity index (χ3v) is 7.67. The Kier molecular flexibility index (Phi) is 7.74. The van der Waals surface area contributed by atoms with Crippen LogP contribution in [0.5, 0.6) is 5.75 Å². The number of halogens is 2. The fraction of sp³-hybridized carbons (Fsp3) is 0.407. The zero-order valence-electron chi connectivity index (χ0n) is 20.0. The van der Waals surface area contributed by atoms with Crippen molar-refractivity contribution in [3.8, 4) is 5.75 Å². The Bertz CT molecular complexity index is 1220. The summed E-state index contributed by atoms with van der Waals surface area (Å²) in [5.41, 5.74) is 1.79. The lowest BCUT2D eigenvalue weighted by molar-refractivity contribution is -0.147. The summed E-state index contributed by atoms with van der Waals surface area (Å²) in [4.78, 5) is 28.5. The topological polar surface area (TPSA) is 108 Å². The van der Waals surface area contributed by atoms with Crippen LogP contribution >= 0.6 is 23.2 Å². The molecule has 2 amide bonds. The molecule has 1 fully saturated rings. The van der Waals surface area contributed by atoms with Gasteiger partial charge in [0.1, 0.15) is 24.1 Å². The van der Waals surface area contributed by atoms with Gasteiger partial charge < -0.3 is 29.9 Å². The summed E-state index contributed by atoms with van der Waals surface area (Å²) >= 11 is 12.5. The number of hydrogen-bond donors (Lipinski definition) is 3. The first kappa shape index (κ1) is 26.0. The van der Waals surface area contributed by atoms with Crippen LogP contribution in [-0.4, -0.2) is 71.0 Å². The highest BCUT2D eigenvalue weighted by atomic mass is 35.5. The van der Waals surface area contributed by atoms with Crippen LogP contribution in [0.15, 0.2) is 54.1 Å². The lowest BCUT2D eigenvalue weighted by Gasteiger charge is -2.41. The summed E-state index contributed by atoms with van der Waals surface area (Å²) in [7, 11) is 0. The van der Waals surface area contributed by atoms with Crippen molar-refractivity contribution in [2.24, 2.45) is 0 Å². The van der Waals surface area contributed by atoms with Gasteiger partial charge in [-0.3, -0.25) is 9.59 Å². The van der Waals surface area contributed by atoms with Crippen molar-refractivity contribution in [3.05, 3.63) is 75.3 Å². The van der Waals surface area contributed by atoms with Crippen LogP contribution in [0.1, 0.15) is 29.9 Å². The van der Waals surface area contributed by atoms with E-state index < -0.39 is 36.2 Å². The van der Waals surface area contributed by atoms with Crippen molar-refractivity contribution >= 4 is 35.0 Å². The molecule has 0 bridgehead atoms. The number of aliphatic hydroxyl groups is 2. The maximum absolute atomic E-state index is 13.7. The van der Waals surface area contributed by atoms with Crippen molar-refractivity contribution < 1.29 is 29.3 Å². The zero-order chi connectivity index (χ0) is 26.1. The van der Waals surface area contributed by atoms with Crippen LogP contribution in [0.25, 0.3) is 0 Å². The monoisotopic (exact) mass is 546 g/mol. The van der Waals surface area contributed by atoms with E-state index in [0.717, 1.165) is 12.0 Å². The molecule has 1 aliphatic carbocycles. The highest BCUT2D eigenvalue weighted by Gasteiger charge is 2.51. The van der Waals surface area contributed by atoms with Crippen LogP contribution in [0.4, 0.5) is 0 Å². The predicted octanol–water partition coefficient (Wildman–Crippen LogP) is 2.82. The summed E-state index contributed by atoms with van der Waals surface area (Å²) < 4.78 is 11.8. The SMILES string of the molecule is O=C(NCCO)C1=CC(N(Cc2ccc(Cl)cc2Cl)C(=O)C2CCCO2)C(O)C2Oc3ccccc3C12. The number of amides is 2. The van der Waals surface area contributed by atoms with E-state index in [2.05, 4.69) is 5.32 Å². The molecule has 2 aliphatic heterocycles. The number of fused-ring (bicyclic) bond motifs is 3. The average molecular weight is 547 g/mol. The van der Waals surface area contributed by atoms with E-state index in [-0.39, 0.29) is 25.6 Å².